The van der Waals surface area contributed by atoms with Gasteiger partial charge in [0.2, 0.25) is 5.88 Å². The van der Waals surface area contributed by atoms with Crippen LogP contribution in [0.5, 0.6) is 11.6 Å². The van der Waals surface area contributed by atoms with Crippen molar-refractivity contribution in [3.05, 3.63) is 40.1 Å². The van der Waals surface area contributed by atoms with Crippen LogP contribution >= 0.6 is 23.2 Å². The molecule has 2 aromatic rings. The van der Waals surface area contributed by atoms with Crippen LogP contribution < -0.4 is 10.1 Å². The van der Waals surface area contributed by atoms with Crippen LogP contribution in [0.15, 0.2) is 24.3 Å². The molecule has 0 spiro atoms. The van der Waals surface area contributed by atoms with Crippen LogP contribution in [0.25, 0.3) is 0 Å². The van der Waals surface area contributed by atoms with Gasteiger partial charge in [0.05, 0.1) is 10.0 Å². The largest absolute Gasteiger partial charge is 0.439 e. The maximum atomic E-state index is 5.97. The normalized spacial score (nSPS) is 10.5. The smallest absolute Gasteiger partial charge is 0.224 e. The highest BCUT2D eigenvalue weighted by Crippen LogP contribution is 2.29. The van der Waals surface area contributed by atoms with Gasteiger partial charge in [-0.25, -0.2) is 4.98 Å². The van der Waals surface area contributed by atoms with E-state index >= 15 is 0 Å². The van der Waals surface area contributed by atoms with Crippen molar-refractivity contribution in [2.24, 2.45) is 0 Å². The first-order valence-electron chi connectivity index (χ1n) is 6.36. The molecule has 0 aliphatic rings. The predicted octanol–water partition coefficient (Wildman–Crippen LogP) is 4.15. The summed E-state index contributed by atoms with van der Waals surface area (Å²) < 4.78 is 10.8. The van der Waals surface area contributed by atoms with Crippen molar-refractivity contribution in [1.29, 1.82) is 0 Å². The maximum absolute atomic E-state index is 5.97. The van der Waals surface area contributed by atoms with E-state index in [9.17, 15) is 0 Å². The Morgan fingerprint density at radius 3 is 2.62 bits per heavy atom. The second kappa shape index (κ2) is 7.45. The summed E-state index contributed by atoms with van der Waals surface area (Å²) in [6, 6.07) is 6.74. The number of benzene rings is 1. The highest BCUT2D eigenvalue weighted by molar-refractivity contribution is 6.42. The fourth-order valence-corrected chi connectivity index (χ4v) is 1.94. The van der Waals surface area contributed by atoms with Crippen molar-refractivity contribution < 1.29 is 9.47 Å². The average Bonchev–Trinajstić information content (AvgIpc) is 2.43. The average molecular weight is 328 g/mol. The summed E-state index contributed by atoms with van der Waals surface area (Å²) in [5.41, 5.74) is 0. The van der Waals surface area contributed by atoms with E-state index in [1.807, 2.05) is 6.92 Å². The van der Waals surface area contributed by atoms with Gasteiger partial charge in [-0.3, -0.25) is 0 Å². The molecule has 1 N–H and O–H groups in total. The highest BCUT2D eigenvalue weighted by Gasteiger charge is 2.08. The number of nitrogens with one attached hydrogen (secondary N) is 1. The Hall–Kier alpha value is -1.56. The van der Waals surface area contributed by atoms with Crippen molar-refractivity contribution in [1.82, 2.24) is 9.97 Å². The van der Waals surface area contributed by atoms with E-state index < -0.39 is 0 Å². The summed E-state index contributed by atoms with van der Waals surface area (Å²) in [6.45, 7) is 3.03. The van der Waals surface area contributed by atoms with Crippen molar-refractivity contribution in [2.75, 3.05) is 19.0 Å². The number of halogens is 2. The number of rotatable bonds is 6. The third kappa shape index (κ3) is 4.46. The number of hydrogen-bond acceptors (Lipinski definition) is 5. The minimum atomic E-state index is 0.303. The monoisotopic (exact) mass is 327 g/mol. The molecule has 0 fully saturated rings. The topological polar surface area (TPSA) is 56.3 Å². The third-order valence-electron chi connectivity index (χ3n) is 2.49. The second-order valence-corrected chi connectivity index (χ2v) is 4.96. The van der Waals surface area contributed by atoms with Gasteiger partial charge in [0, 0.05) is 25.8 Å². The van der Waals surface area contributed by atoms with Crippen LogP contribution in [0.4, 0.5) is 5.82 Å². The van der Waals surface area contributed by atoms with E-state index in [0.29, 0.717) is 39.9 Å². The summed E-state index contributed by atoms with van der Waals surface area (Å²) >= 11 is 11.8. The van der Waals surface area contributed by atoms with Crippen molar-refractivity contribution in [3.8, 4) is 11.6 Å². The molecule has 2 rings (SSSR count). The number of hydrogen-bond donors (Lipinski definition) is 1. The molecule has 0 amide bonds. The summed E-state index contributed by atoms with van der Waals surface area (Å²) in [5.74, 6) is 2.17. The van der Waals surface area contributed by atoms with Gasteiger partial charge in [-0.2, -0.15) is 4.98 Å². The van der Waals surface area contributed by atoms with E-state index in [2.05, 4.69) is 15.3 Å². The molecule has 0 atom stereocenters. The molecular formula is C14H15Cl2N3O2. The minimum Gasteiger partial charge on any atom is -0.439 e. The predicted molar refractivity (Wildman–Crippen MR) is 83.4 cm³/mol. The number of anilines is 1. The molecule has 1 heterocycles. The van der Waals surface area contributed by atoms with Gasteiger partial charge >= 0.3 is 0 Å². The number of ether oxygens (including phenoxy) is 2. The molecule has 0 saturated heterocycles. The summed E-state index contributed by atoms with van der Waals surface area (Å²) in [4.78, 5) is 8.59. The fraction of sp³-hybridized carbons (Fsp3) is 0.286. The Labute approximate surface area is 133 Å². The van der Waals surface area contributed by atoms with Crippen LogP contribution in [-0.4, -0.2) is 23.6 Å². The molecule has 0 bridgehead atoms. The first-order chi connectivity index (χ1) is 10.1. The minimum absolute atomic E-state index is 0.303. The van der Waals surface area contributed by atoms with Crippen LogP contribution in [0.1, 0.15) is 12.7 Å². The first-order valence-corrected chi connectivity index (χ1v) is 7.11. The number of methoxy groups -OCH3 is 1. The molecule has 1 aromatic heterocycles. The van der Waals surface area contributed by atoms with E-state index in [1.54, 1.807) is 31.4 Å². The summed E-state index contributed by atoms with van der Waals surface area (Å²) in [7, 11) is 1.59. The van der Waals surface area contributed by atoms with Gasteiger partial charge in [-0.05, 0) is 19.1 Å². The van der Waals surface area contributed by atoms with Gasteiger partial charge in [-0.1, -0.05) is 23.2 Å². The molecule has 0 radical (unpaired) electrons. The lowest BCUT2D eigenvalue weighted by Crippen LogP contribution is -2.05. The van der Waals surface area contributed by atoms with Gasteiger partial charge in [0.15, 0.2) is 5.82 Å². The Morgan fingerprint density at radius 2 is 1.95 bits per heavy atom. The zero-order chi connectivity index (χ0) is 15.2. The molecule has 0 unspecified atom stereocenters. The lowest BCUT2D eigenvalue weighted by atomic mass is 10.3. The quantitative estimate of drug-likeness (QED) is 0.863. The zero-order valence-electron chi connectivity index (χ0n) is 11.7. The van der Waals surface area contributed by atoms with Crippen molar-refractivity contribution in [3.63, 3.8) is 0 Å². The zero-order valence-corrected chi connectivity index (χ0v) is 13.2. The summed E-state index contributed by atoms with van der Waals surface area (Å²) in [6.07, 6.45) is 0. The van der Waals surface area contributed by atoms with Gasteiger partial charge in [-0.15, -0.1) is 0 Å². The second-order valence-electron chi connectivity index (χ2n) is 4.15. The Balaban J connectivity index is 2.26. The molecule has 0 saturated carbocycles. The van der Waals surface area contributed by atoms with E-state index in [1.165, 1.54) is 0 Å². The molecule has 0 aliphatic heterocycles. The first kappa shape index (κ1) is 15.8. The molecule has 112 valence electrons. The van der Waals surface area contributed by atoms with Crippen molar-refractivity contribution >= 4 is 29.0 Å². The van der Waals surface area contributed by atoms with Crippen LogP contribution in [-0.2, 0) is 11.3 Å². The number of aromatic nitrogens is 2. The van der Waals surface area contributed by atoms with Crippen LogP contribution in [0, 0.1) is 0 Å². The Kier molecular flexibility index (Phi) is 5.61. The number of nitrogens with zero attached hydrogens (tertiary/aromatic N) is 2. The van der Waals surface area contributed by atoms with Crippen molar-refractivity contribution in [2.45, 2.75) is 13.5 Å². The molecule has 1 aromatic carbocycles. The van der Waals surface area contributed by atoms with Gasteiger partial charge in [0.25, 0.3) is 0 Å². The standard InChI is InChI=1S/C14H15Cl2N3O2/c1-3-17-12-7-14(19-13(18-12)8-20-2)21-9-4-5-10(15)11(16)6-9/h4-7H,3,8H2,1-2H3,(H,17,18,19). The van der Waals surface area contributed by atoms with E-state index in [0.717, 1.165) is 6.54 Å². The molecule has 21 heavy (non-hydrogen) atoms. The molecule has 0 aliphatic carbocycles. The van der Waals surface area contributed by atoms with E-state index in [-0.39, 0.29) is 0 Å². The van der Waals surface area contributed by atoms with E-state index in [4.69, 9.17) is 32.7 Å². The van der Waals surface area contributed by atoms with Crippen LogP contribution in [0.3, 0.4) is 0 Å². The Morgan fingerprint density at radius 1 is 1.14 bits per heavy atom. The third-order valence-corrected chi connectivity index (χ3v) is 3.23. The lowest BCUT2D eigenvalue weighted by Gasteiger charge is -2.10. The highest BCUT2D eigenvalue weighted by atomic mass is 35.5. The Bertz CT molecular complexity index is 599. The fourth-order valence-electron chi connectivity index (χ4n) is 1.65. The SMILES string of the molecule is CCNc1cc(Oc2ccc(Cl)c(Cl)c2)nc(COC)n1. The summed E-state index contributed by atoms with van der Waals surface area (Å²) in [5, 5.41) is 4.01. The molecule has 7 heteroatoms. The molecule has 5 nitrogen and oxygen atoms in total. The van der Waals surface area contributed by atoms with Gasteiger partial charge in [0.1, 0.15) is 18.2 Å². The maximum Gasteiger partial charge on any atom is 0.224 e. The van der Waals surface area contributed by atoms with Crippen LogP contribution in [0.2, 0.25) is 10.0 Å². The van der Waals surface area contributed by atoms with Gasteiger partial charge < -0.3 is 14.8 Å². The molecular weight excluding hydrogens is 313 g/mol. The lowest BCUT2D eigenvalue weighted by molar-refractivity contribution is 0.177.